The van der Waals surface area contributed by atoms with Crippen LogP contribution in [0.1, 0.15) is 5.56 Å². The van der Waals surface area contributed by atoms with Crippen molar-refractivity contribution in [1.29, 1.82) is 0 Å². The smallest absolute Gasteiger partial charge is 0.245 e. The minimum Gasteiger partial charge on any atom is -0.245 e. The lowest BCUT2D eigenvalue weighted by molar-refractivity contribution is -0.137. The second-order valence-corrected chi connectivity index (χ2v) is 4.84. The summed E-state index contributed by atoms with van der Waals surface area (Å²) in [5, 5.41) is 2.03. The maximum absolute atomic E-state index is 12.8. The average molecular weight is 308 g/mol. The molecule has 0 radical (unpaired) electrons. The van der Waals surface area contributed by atoms with Crippen molar-refractivity contribution in [2.45, 2.75) is 6.18 Å². The number of rotatable bonds is 1. The van der Waals surface area contributed by atoms with Gasteiger partial charge in [-0.25, -0.2) is 4.98 Å². The quantitative estimate of drug-likeness (QED) is 0.751. The number of aromatic nitrogens is 1. The number of benzene rings is 1. The van der Waals surface area contributed by atoms with Crippen molar-refractivity contribution in [3.8, 4) is 10.6 Å². The molecule has 1 aromatic heterocycles. The summed E-state index contributed by atoms with van der Waals surface area (Å²) in [6.07, 6.45) is -2.88. The number of thiazole rings is 1. The van der Waals surface area contributed by atoms with Crippen LogP contribution < -0.4 is 0 Å². The molecule has 0 bridgehead atoms. The first-order valence-corrected chi connectivity index (χ1v) is 5.92. The van der Waals surface area contributed by atoms with Crippen molar-refractivity contribution in [2.24, 2.45) is 0 Å². The molecule has 1 nitrogen and oxygen atoms in total. The summed E-state index contributed by atoms with van der Waals surface area (Å²) < 4.78 is 38.7. The molecule has 2 aromatic rings. The summed E-state index contributed by atoms with van der Waals surface area (Å²) >= 11 is 4.22. The highest BCUT2D eigenvalue weighted by Crippen LogP contribution is 2.39. The molecule has 2 rings (SSSR count). The lowest BCUT2D eigenvalue weighted by Gasteiger charge is -2.11. The van der Waals surface area contributed by atoms with Gasteiger partial charge in [0.2, 0.25) is 0 Å². The molecule has 0 spiro atoms. The van der Waals surface area contributed by atoms with Crippen LogP contribution in [0.5, 0.6) is 0 Å². The summed E-state index contributed by atoms with van der Waals surface area (Å²) in [5.74, 6) is 0. The van der Waals surface area contributed by atoms with Gasteiger partial charge in [0.1, 0.15) is 5.01 Å². The Hall–Kier alpha value is -0.880. The van der Waals surface area contributed by atoms with Gasteiger partial charge in [-0.3, -0.25) is 0 Å². The highest BCUT2D eigenvalue weighted by Gasteiger charge is 2.34. The molecule has 0 saturated heterocycles. The van der Waals surface area contributed by atoms with Gasteiger partial charge in [0.15, 0.2) is 0 Å². The van der Waals surface area contributed by atoms with Crippen LogP contribution in [0.15, 0.2) is 34.2 Å². The number of hydrogen-bond donors (Lipinski definition) is 0. The van der Waals surface area contributed by atoms with E-state index in [1.54, 1.807) is 11.4 Å². The highest BCUT2D eigenvalue weighted by atomic mass is 79.9. The summed E-state index contributed by atoms with van der Waals surface area (Å²) in [7, 11) is 0. The van der Waals surface area contributed by atoms with Crippen molar-refractivity contribution in [2.75, 3.05) is 0 Å². The Labute approximate surface area is 102 Å². The fourth-order valence-corrected chi connectivity index (χ4v) is 2.33. The van der Waals surface area contributed by atoms with E-state index in [9.17, 15) is 13.2 Å². The summed E-state index contributed by atoms with van der Waals surface area (Å²) in [5.41, 5.74) is -0.553. The largest absolute Gasteiger partial charge is 0.417 e. The van der Waals surface area contributed by atoms with E-state index >= 15 is 0 Å². The molecule has 0 amide bonds. The van der Waals surface area contributed by atoms with E-state index in [1.807, 2.05) is 0 Å². The van der Waals surface area contributed by atoms with Gasteiger partial charge in [0.05, 0.1) is 5.56 Å². The van der Waals surface area contributed by atoms with Gasteiger partial charge in [-0.1, -0.05) is 22.0 Å². The third-order valence-electron chi connectivity index (χ3n) is 1.95. The predicted octanol–water partition coefficient (Wildman–Crippen LogP) is 4.59. The Balaban J connectivity index is 2.62. The zero-order valence-electron chi connectivity index (χ0n) is 7.75. The molecule has 0 unspecified atom stereocenters. The molecule has 84 valence electrons. The lowest BCUT2D eigenvalue weighted by atomic mass is 10.1. The second-order valence-electron chi connectivity index (χ2n) is 3.02. The van der Waals surface area contributed by atoms with E-state index < -0.39 is 11.7 Å². The summed E-state index contributed by atoms with van der Waals surface area (Å²) in [4.78, 5) is 3.89. The van der Waals surface area contributed by atoms with Crippen LogP contribution in [0.2, 0.25) is 0 Å². The first kappa shape index (κ1) is 11.6. The monoisotopic (exact) mass is 307 g/mol. The van der Waals surface area contributed by atoms with Crippen LogP contribution in [-0.2, 0) is 6.18 Å². The number of hydrogen-bond acceptors (Lipinski definition) is 2. The fourth-order valence-electron chi connectivity index (χ4n) is 1.29. The van der Waals surface area contributed by atoms with Crippen LogP contribution in [0, 0.1) is 0 Å². The molecular formula is C10H5BrF3NS. The highest BCUT2D eigenvalue weighted by molar-refractivity contribution is 9.10. The van der Waals surface area contributed by atoms with Crippen molar-refractivity contribution in [3.05, 3.63) is 39.8 Å². The van der Waals surface area contributed by atoms with Crippen molar-refractivity contribution >= 4 is 27.3 Å². The van der Waals surface area contributed by atoms with Gasteiger partial charge in [-0.2, -0.15) is 13.2 Å². The molecule has 0 saturated carbocycles. The third kappa shape index (κ3) is 2.27. The zero-order valence-corrected chi connectivity index (χ0v) is 10.2. The summed E-state index contributed by atoms with van der Waals surface area (Å²) in [6, 6.07) is 4.06. The number of nitrogens with zero attached hydrogens (tertiary/aromatic N) is 1. The maximum atomic E-state index is 12.8. The molecule has 0 aliphatic heterocycles. The number of halogens is 4. The summed E-state index contributed by atoms with van der Waals surface area (Å²) in [6.45, 7) is 0. The molecule has 0 atom stereocenters. The lowest BCUT2D eigenvalue weighted by Crippen LogP contribution is -2.07. The Morgan fingerprint density at radius 1 is 1.25 bits per heavy atom. The van der Waals surface area contributed by atoms with E-state index in [4.69, 9.17) is 0 Å². The van der Waals surface area contributed by atoms with Crippen LogP contribution in [0.3, 0.4) is 0 Å². The molecule has 6 heteroatoms. The van der Waals surface area contributed by atoms with Gasteiger partial charge in [-0.05, 0) is 12.1 Å². The van der Waals surface area contributed by atoms with Gasteiger partial charge >= 0.3 is 6.18 Å². The molecule has 0 aliphatic carbocycles. The molecular weight excluding hydrogens is 303 g/mol. The third-order valence-corrected chi connectivity index (χ3v) is 3.25. The molecule has 0 N–H and O–H groups in total. The zero-order chi connectivity index (χ0) is 11.8. The standard InChI is InChI=1S/C10H5BrF3NS/c11-6-1-2-7(9-15-3-4-16-9)8(5-6)10(12,13)14/h1-5H. The Morgan fingerprint density at radius 2 is 2.00 bits per heavy atom. The van der Waals surface area contributed by atoms with Crippen molar-refractivity contribution < 1.29 is 13.2 Å². The van der Waals surface area contributed by atoms with E-state index in [0.717, 1.165) is 6.07 Å². The first-order valence-electron chi connectivity index (χ1n) is 4.25. The van der Waals surface area contributed by atoms with Crippen LogP contribution in [-0.4, -0.2) is 4.98 Å². The normalized spacial score (nSPS) is 11.8. The molecule has 1 heterocycles. The van der Waals surface area contributed by atoms with Gasteiger partial charge in [0.25, 0.3) is 0 Å². The van der Waals surface area contributed by atoms with E-state index in [1.165, 1.54) is 23.6 Å². The number of alkyl halides is 3. The maximum Gasteiger partial charge on any atom is 0.417 e. The Morgan fingerprint density at radius 3 is 2.56 bits per heavy atom. The Bertz CT molecular complexity index is 493. The average Bonchev–Trinajstić information content (AvgIpc) is 2.69. The minimum absolute atomic E-state index is 0.116. The van der Waals surface area contributed by atoms with Gasteiger partial charge in [-0.15, -0.1) is 11.3 Å². The van der Waals surface area contributed by atoms with Crippen LogP contribution >= 0.6 is 27.3 Å². The first-order chi connectivity index (χ1) is 7.48. The predicted molar refractivity (Wildman–Crippen MR) is 60.3 cm³/mol. The fraction of sp³-hybridized carbons (Fsp3) is 0.100. The van der Waals surface area contributed by atoms with Gasteiger partial charge in [0, 0.05) is 21.6 Å². The van der Waals surface area contributed by atoms with E-state index in [0.29, 0.717) is 9.48 Å². The molecule has 0 aliphatic rings. The van der Waals surface area contributed by atoms with Crippen LogP contribution in [0.4, 0.5) is 13.2 Å². The molecule has 16 heavy (non-hydrogen) atoms. The van der Waals surface area contributed by atoms with Crippen molar-refractivity contribution in [1.82, 2.24) is 4.98 Å². The molecule has 0 fully saturated rings. The second kappa shape index (κ2) is 4.18. The van der Waals surface area contributed by atoms with Crippen molar-refractivity contribution in [3.63, 3.8) is 0 Å². The molecule has 1 aromatic carbocycles. The van der Waals surface area contributed by atoms with E-state index in [2.05, 4.69) is 20.9 Å². The minimum atomic E-state index is -4.37. The van der Waals surface area contributed by atoms with Gasteiger partial charge < -0.3 is 0 Å². The Kier molecular flexibility index (Phi) is 3.03. The SMILES string of the molecule is FC(F)(F)c1cc(Br)ccc1-c1nccs1. The van der Waals surface area contributed by atoms with Crippen LogP contribution in [0.25, 0.3) is 10.6 Å². The van der Waals surface area contributed by atoms with E-state index in [-0.39, 0.29) is 5.56 Å². The topological polar surface area (TPSA) is 12.9 Å².